The Bertz CT molecular complexity index is 991. The lowest BCUT2D eigenvalue weighted by molar-refractivity contribution is 0.0437. The standard InChI is InChI=1S/C22H26N6O4S/c1-5-9-16-15(6-2)31-20(13-29-16)22(27-24-4)28-33-14-25-21(26-23-3)19-12-30-17-10-7-8-11-18(17)32-19/h5-11,19-20H,2-4,12-14H2,1H3,(H,25,26)(H,27,28)/b9-5-. The fourth-order valence-electron chi connectivity index (χ4n) is 2.93. The molecule has 2 heterocycles. The van der Waals surface area contributed by atoms with Crippen molar-refractivity contribution in [1.82, 2.24) is 10.1 Å². The Kier molecular flexibility index (Phi) is 8.95. The van der Waals surface area contributed by atoms with Crippen LogP contribution in [0.15, 0.2) is 80.9 Å². The quantitative estimate of drug-likeness (QED) is 0.188. The highest BCUT2D eigenvalue weighted by molar-refractivity contribution is 7.97. The van der Waals surface area contributed by atoms with Crippen LogP contribution in [0, 0.1) is 0 Å². The molecule has 0 saturated heterocycles. The molecule has 2 aliphatic heterocycles. The molecule has 2 atom stereocenters. The van der Waals surface area contributed by atoms with Gasteiger partial charge in [-0.3, -0.25) is 10.4 Å². The van der Waals surface area contributed by atoms with Crippen molar-refractivity contribution in [2.75, 3.05) is 19.1 Å². The van der Waals surface area contributed by atoms with Gasteiger partial charge in [0.05, 0.1) is 0 Å². The van der Waals surface area contributed by atoms with Gasteiger partial charge >= 0.3 is 0 Å². The first-order valence-corrected chi connectivity index (χ1v) is 11.0. The Balaban J connectivity index is 1.60. The Hall–Kier alpha value is -3.73. The summed E-state index contributed by atoms with van der Waals surface area (Å²) in [5.41, 5.74) is 2.78. The van der Waals surface area contributed by atoms with Gasteiger partial charge in [0.2, 0.25) is 0 Å². The largest absolute Gasteiger partial charge is 0.485 e. The average Bonchev–Trinajstić information content (AvgIpc) is 2.85. The number of ether oxygens (including phenoxy) is 4. The molecule has 1 aromatic carbocycles. The topological polar surface area (TPSA) is 110 Å². The number of hydrogen-bond acceptors (Lipinski definition) is 9. The van der Waals surface area contributed by atoms with Gasteiger partial charge in [0.25, 0.3) is 0 Å². The molecule has 0 aromatic heterocycles. The number of benzene rings is 1. The van der Waals surface area contributed by atoms with Gasteiger partial charge in [-0.25, -0.2) is 0 Å². The Morgan fingerprint density at radius 2 is 1.85 bits per heavy atom. The molecule has 0 fully saturated rings. The predicted octanol–water partition coefficient (Wildman–Crippen LogP) is 3.03. The summed E-state index contributed by atoms with van der Waals surface area (Å²) in [4.78, 5) is 4.51. The molecule has 174 valence electrons. The van der Waals surface area contributed by atoms with Crippen LogP contribution in [0.1, 0.15) is 6.92 Å². The van der Waals surface area contributed by atoms with Crippen LogP contribution in [-0.4, -0.2) is 56.4 Å². The van der Waals surface area contributed by atoms with Gasteiger partial charge in [-0.2, -0.15) is 10.2 Å². The van der Waals surface area contributed by atoms with Crippen molar-refractivity contribution in [3.8, 4) is 11.5 Å². The van der Waals surface area contributed by atoms with E-state index in [-0.39, 0.29) is 6.61 Å². The lowest BCUT2D eigenvalue weighted by Crippen LogP contribution is -2.42. The number of allylic oxidation sites excluding steroid dienone is 3. The van der Waals surface area contributed by atoms with Crippen molar-refractivity contribution in [2.24, 2.45) is 20.3 Å². The van der Waals surface area contributed by atoms with Crippen molar-refractivity contribution >= 4 is 37.1 Å². The maximum absolute atomic E-state index is 5.97. The second kappa shape index (κ2) is 12.3. The number of nitrogens with one attached hydrogen (secondary N) is 2. The number of nitrogens with zero attached hydrogens (tertiary/aromatic N) is 4. The van der Waals surface area contributed by atoms with Crippen LogP contribution in [0.5, 0.6) is 11.5 Å². The minimum atomic E-state index is -0.506. The summed E-state index contributed by atoms with van der Waals surface area (Å²) in [6.45, 7) is 13.1. The third-order valence-corrected chi connectivity index (χ3v) is 4.98. The van der Waals surface area contributed by atoms with Gasteiger partial charge in [-0.1, -0.05) is 24.8 Å². The summed E-state index contributed by atoms with van der Waals surface area (Å²) in [5, 5.41) is 11.4. The predicted molar refractivity (Wildman–Crippen MR) is 132 cm³/mol. The maximum atomic E-state index is 5.97. The Labute approximate surface area is 197 Å². The van der Waals surface area contributed by atoms with Crippen LogP contribution >= 0.6 is 11.9 Å². The molecule has 0 amide bonds. The van der Waals surface area contributed by atoms with E-state index in [1.54, 1.807) is 6.08 Å². The SMILES string of the molecule is C=CC1=C(/C=C\C)OCC(/C(=N/N=C)NSCN=C(NN=C)C2COc3ccccc3O2)O1. The fraction of sp³-hybridized carbons (Fsp3) is 0.273. The zero-order chi connectivity index (χ0) is 23.5. The zero-order valence-electron chi connectivity index (χ0n) is 18.3. The van der Waals surface area contributed by atoms with Crippen LogP contribution in [0.3, 0.4) is 0 Å². The van der Waals surface area contributed by atoms with Crippen LogP contribution in [0.4, 0.5) is 0 Å². The number of amidine groups is 2. The number of aliphatic imine (C=N–C) groups is 1. The first kappa shape index (κ1) is 23.9. The van der Waals surface area contributed by atoms with Crippen molar-refractivity contribution in [1.29, 1.82) is 0 Å². The van der Waals surface area contributed by atoms with Crippen molar-refractivity contribution in [3.05, 3.63) is 60.6 Å². The van der Waals surface area contributed by atoms with E-state index in [2.05, 4.69) is 50.5 Å². The van der Waals surface area contributed by atoms with Crippen molar-refractivity contribution < 1.29 is 18.9 Å². The van der Waals surface area contributed by atoms with Gasteiger partial charge in [0, 0.05) is 13.4 Å². The summed E-state index contributed by atoms with van der Waals surface area (Å²) in [6.07, 6.45) is 4.30. The third-order valence-electron chi connectivity index (χ3n) is 4.37. The highest BCUT2D eigenvalue weighted by Gasteiger charge is 2.27. The van der Waals surface area contributed by atoms with Crippen LogP contribution in [0.25, 0.3) is 0 Å². The third kappa shape index (κ3) is 6.39. The van der Waals surface area contributed by atoms with E-state index in [0.717, 1.165) is 0 Å². The molecular formula is C22H26N6O4S. The normalized spacial score (nSPS) is 20.5. The lowest BCUT2D eigenvalue weighted by Gasteiger charge is -2.27. The van der Waals surface area contributed by atoms with Crippen LogP contribution in [0.2, 0.25) is 0 Å². The van der Waals surface area contributed by atoms with Gasteiger partial charge in [0.15, 0.2) is 46.9 Å². The molecule has 1 aromatic rings. The first-order chi connectivity index (χ1) is 16.2. The molecular weight excluding hydrogens is 444 g/mol. The summed E-state index contributed by atoms with van der Waals surface area (Å²) >= 11 is 1.27. The highest BCUT2D eigenvalue weighted by Crippen LogP contribution is 2.31. The number of fused-ring (bicyclic) bond motifs is 1. The molecule has 2 aliphatic rings. The maximum Gasteiger partial charge on any atom is 0.192 e. The van der Waals surface area contributed by atoms with E-state index < -0.39 is 12.2 Å². The molecule has 11 heteroatoms. The Morgan fingerprint density at radius 3 is 2.58 bits per heavy atom. The molecule has 0 spiro atoms. The average molecular weight is 471 g/mol. The number of rotatable bonds is 9. The summed E-state index contributed by atoms with van der Waals surface area (Å²) < 4.78 is 26.5. The molecule has 2 N–H and O–H groups in total. The molecule has 0 radical (unpaired) electrons. The fourth-order valence-corrected chi connectivity index (χ4v) is 3.51. The number of hydrogen-bond donors (Lipinski definition) is 2. The minimum absolute atomic E-state index is 0.252. The van der Waals surface area contributed by atoms with Crippen molar-refractivity contribution in [3.63, 3.8) is 0 Å². The van der Waals surface area contributed by atoms with Gasteiger partial charge in [-0.05, 0) is 43.2 Å². The van der Waals surface area contributed by atoms with Crippen LogP contribution < -0.4 is 19.6 Å². The molecule has 10 nitrogen and oxygen atoms in total. The Morgan fingerprint density at radius 1 is 1.09 bits per heavy atom. The first-order valence-electron chi connectivity index (χ1n) is 10.0. The van der Waals surface area contributed by atoms with Crippen LogP contribution in [-0.2, 0) is 9.47 Å². The van der Waals surface area contributed by atoms with Gasteiger partial charge in [-0.15, -0.1) is 5.10 Å². The summed E-state index contributed by atoms with van der Waals surface area (Å²) in [7, 11) is 0. The highest BCUT2D eigenvalue weighted by atomic mass is 32.2. The van der Waals surface area contributed by atoms with Gasteiger partial charge in [0.1, 0.15) is 19.1 Å². The lowest BCUT2D eigenvalue weighted by atomic mass is 10.2. The molecule has 3 rings (SSSR count). The van der Waals surface area contributed by atoms with E-state index in [1.165, 1.54) is 11.9 Å². The van der Waals surface area contributed by atoms with E-state index in [9.17, 15) is 0 Å². The van der Waals surface area contributed by atoms with Gasteiger partial charge < -0.3 is 23.7 Å². The number of hydrazone groups is 1. The molecule has 0 bridgehead atoms. The smallest absolute Gasteiger partial charge is 0.192 e. The molecule has 0 aliphatic carbocycles. The second-order valence-electron chi connectivity index (χ2n) is 6.53. The van der Waals surface area contributed by atoms with E-state index in [4.69, 9.17) is 18.9 Å². The minimum Gasteiger partial charge on any atom is -0.485 e. The zero-order valence-corrected chi connectivity index (χ0v) is 19.1. The second-order valence-corrected chi connectivity index (χ2v) is 7.28. The monoisotopic (exact) mass is 470 g/mol. The van der Waals surface area contributed by atoms with E-state index >= 15 is 0 Å². The summed E-state index contributed by atoms with van der Waals surface area (Å²) in [5.74, 6) is 3.68. The van der Waals surface area contributed by atoms with E-state index in [0.29, 0.717) is 47.2 Å². The number of para-hydroxylation sites is 2. The molecule has 2 unspecified atom stereocenters. The van der Waals surface area contributed by atoms with Crippen molar-refractivity contribution in [2.45, 2.75) is 19.1 Å². The summed E-state index contributed by atoms with van der Waals surface area (Å²) in [6, 6.07) is 7.44. The molecule has 33 heavy (non-hydrogen) atoms. The molecule has 0 saturated carbocycles. The van der Waals surface area contributed by atoms with E-state index in [1.807, 2.05) is 43.3 Å².